The van der Waals surface area contributed by atoms with E-state index in [0.717, 1.165) is 0 Å². The van der Waals surface area contributed by atoms with Crippen molar-refractivity contribution in [2.75, 3.05) is 11.4 Å². The van der Waals surface area contributed by atoms with Gasteiger partial charge in [0.1, 0.15) is 5.82 Å². The number of allylic oxidation sites excluding steroid dienone is 2. The van der Waals surface area contributed by atoms with Crippen LogP contribution < -0.4 is 4.90 Å². The molecule has 0 aromatic heterocycles. The second-order valence-electron chi connectivity index (χ2n) is 5.03. The third-order valence-electron chi connectivity index (χ3n) is 3.79. The van der Waals surface area contributed by atoms with Crippen LogP contribution in [0, 0.1) is 17.7 Å². The number of carbonyl (C=O) groups excluding carboxylic acids is 1. The molecule has 4 nitrogen and oxygen atoms in total. The predicted octanol–water partition coefficient (Wildman–Crippen LogP) is 2.85. The predicted molar refractivity (Wildman–Crippen MR) is 77.4 cm³/mol. The summed E-state index contributed by atoms with van der Waals surface area (Å²) in [4.78, 5) is 25.3. The Morgan fingerprint density at radius 3 is 2.43 bits per heavy atom. The van der Waals surface area contributed by atoms with Gasteiger partial charge in [0.2, 0.25) is 5.91 Å². The Kier molecular flexibility index (Phi) is 4.73. The minimum Gasteiger partial charge on any atom is -0.481 e. The molecule has 112 valence electrons. The lowest BCUT2D eigenvalue weighted by Gasteiger charge is -2.30. The SMILES string of the molecule is CCN(C(=O)[C@@H]1CC=CC[C@@H]1C(=O)O)c1ccccc1F. The lowest BCUT2D eigenvalue weighted by atomic mass is 9.82. The summed E-state index contributed by atoms with van der Waals surface area (Å²) >= 11 is 0. The number of carboxylic acid groups (broad SMARTS) is 1. The van der Waals surface area contributed by atoms with Gasteiger partial charge in [0.15, 0.2) is 0 Å². The van der Waals surface area contributed by atoms with E-state index in [1.807, 2.05) is 6.08 Å². The molecule has 0 spiro atoms. The fraction of sp³-hybridized carbons (Fsp3) is 0.375. The van der Waals surface area contributed by atoms with Gasteiger partial charge in [-0.2, -0.15) is 0 Å². The summed E-state index contributed by atoms with van der Waals surface area (Å²) in [6.45, 7) is 2.05. The van der Waals surface area contributed by atoms with Gasteiger partial charge in [-0.1, -0.05) is 24.3 Å². The highest BCUT2D eigenvalue weighted by Gasteiger charge is 2.36. The molecule has 0 unspecified atom stereocenters. The molecule has 0 heterocycles. The lowest BCUT2D eigenvalue weighted by Crippen LogP contribution is -2.42. The zero-order chi connectivity index (χ0) is 15.4. The molecule has 0 bridgehead atoms. The van der Waals surface area contributed by atoms with Gasteiger partial charge in [-0.3, -0.25) is 9.59 Å². The van der Waals surface area contributed by atoms with Crippen molar-refractivity contribution in [3.63, 3.8) is 0 Å². The van der Waals surface area contributed by atoms with Crippen molar-refractivity contribution in [1.29, 1.82) is 0 Å². The molecule has 1 N–H and O–H groups in total. The van der Waals surface area contributed by atoms with Gasteiger partial charge in [0, 0.05) is 6.54 Å². The molecule has 0 saturated carbocycles. The lowest BCUT2D eigenvalue weighted by molar-refractivity contribution is -0.146. The van der Waals surface area contributed by atoms with E-state index in [-0.39, 0.29) is 11.6 Å². The molecule has 1 amide bonds. The molecule has 1 aromatic carbocycles. The van der Waals surface area contributed by atoms with Crippen LogP contribution in [0.5, 0.6) is 0 Å². The smallest absolute Gasteiger partial charge is 0.307 e. The van der Waals surface area contributed by atoms with E-state index in [1.54, 1.807) is 25.1 Å². The van der Waals surface area contributed by atoms with E-state index in [0.29, 0.717) is 19.4 Å². The summed E-state index contributed by atoms with van der Waals surface area (Å²) in [6, 6.07) is 6.04. The molecular weight excluding hydrogens is 273 g/mol. The molecule has 0 saturated heterocycles. The Morgan fingerprint density at radius 1 is 1.24 bits per heavy atom. The van der Waals surface area contributed by atoms with Gasteiger partial charge >= 0.3 is 5.97 Å². The van der Waals surface area contributed by atoms with E-state index in [1.165, 1.54) is 17.0 Å². The maximum atomic E-state index is 13.9. The van der Waals surface area contributed by atoms with Crippen LogP contribution in [0.4, 0.5) is 10.1 Å². The molecule has 5 heteroatoms. The monoisotopic (exact) mass is 291 g/mol. The summed E-state index contributed by atoms with van der Waals surface area (Å²) in [5.74, 6) is -3.19. The number of nitrogens with zero attached hydrogens (tertiary/aromatic N) is 1. The first-order chi connectivity index (χ1) is 10.1. The maximum Gasteiger partial charge on any atom is 0.307 e. The molecular formula is C16H18FNO3. The summed E-state index contributed by atoms with van der Waals surface area (Å²) in [5, 5.41) is 9.26. The average molecular weight is 291 g/mol. The Hall–Kier alpha value is -2.17. The Morgan fingerprint density at radius 2 is 1.86 bits per heavy atom. The number of hydrogen-bond acceptors (Lipinski definition) is 2. The number of halogens is 1. The van der Waals surface area contributed by atoms with Crippen LogP contribution in [0.25, 0.3) is 0 Å². The number of benzene rings is 1. The summed E-state index contributed by atoms with van der Waals surface area (Å²) in [5.41, 5.74) is 0.198. The normalized spacial score (nSPS) is 21.0. The van der Waals surface area contributed by atoms with E-state index in [9.17, 15) is 19.1 Å². The minimum absolute atomic E-state index is 0.198. The number of carboxylic acids is 1. The Labute approximate surface area is 122 Å². The second-order valence-corrected chi connectivity index (χ2v) is 5.03. The molecule has 0 radical (unpaired) electrons. The number of aliphatic carboxylic acids is 1. The average Bonchev–Trinajstić information content (AvgIpc) is 2.49. The van der Waals surface area contributed by atoms with Crippen molar-refractivity contribution < 1.29 is 19.1 Å². The summed E-state index contributed by atoms with van der Waals surface area (Å²) in [7, 11) is 0. The molecule has 1 aliphatic carbocycles. The number of carbonyl (C=O) groups is 2. The van der Waals surface area contributed by atoms with Crippen LogP contribution in [-0.2, 0) is 9.59 Å². The third kappa shape index (κ3) is 3.12. The minimum atomic E-state index is -0.984. The van der Waals surface area contributed by atoms with E-state index >= 15 is 0 Å². The maximum absolute atomic E-state index is 13.9. The van der Waals surface area contributed by atoms with E-state index in [4.69, 9.17) is 0 Å². The van der Waals surface area contributed by atoms with Crippen LogP contribution in [0.2, 0.25) is 0 Å². The van der Waals surface area contributed by atoms with Gasteiger partial charge in [0.25, 0.3) is 0 Å². The van der Waals surface area contributed by atoms with Crippen molar-refractivity contribution in [3.8, 4) is 0 Å². The van der Waals surface area contributed by atoms with E-state index < -0.39 is 23.6 Å². The number of para-hydroxylation sites is 1. The zero-order valence-corrected chi connectivity index (χ0v) is 11.8. The van der Waals surface area contributed by atoms with Gasteiger partial charge in [-0.25, -0.2) is 4.39 Å². The topological polar surface area (TPSA) is 57.6 Å². The third-order valence-corrected chi connectivity index (χ3v) is 3.79. The first kappa shape index (κ1) is 15.2. The van der Waals surface area contributed by atoms with Crippen LogP contribution in [0.15, 0.2) is 36.4 Å². The van der Waals surface area contributed by atoms with Crippen molar-refractivity contribution in [2.24, 2.45) is 11.8 Å². The van der Waals surface area contributed by atoms with Crippen LogP contribution in [0.3, 0.4) is 0 Å². The van der Waals surface area contributed by atoms with Gasteiger partial charge in [-0.15, -0.1) is 0 Å². The first-order valence-corrected chi connectivity index (χ1v) is 7.00. The molecule has 2 rings (SSSR count). The highest BCUT2D eigenvalue weighted by molar-refractivity contribution is 5.97. The zero-order valence-electron chi connectivity index (χ0n) is 11.8. The van der Waals surface area contributed by atoms with Gasteiger partial charge in [0.05, 0.1) is 17.5 Å². The quantitative estimate of drug-likeness (QED) is 0.868. The summed E-state index contributed by atoms with van der Waals surface area (Å²) in [6.07, 6.45) is 4.31. The van der Waals surface area contributed by atoms with Crippen molar-refractivity contribution in [2.45, 2.75) is 19.8 Å². The van der Waals surface area contributed by atoms with Gasteiger partial charge in [-0.05, 0) is 31.9 Å². The van der Waals surface area contributed by atoms with Crippen LogP contribution >= 0.6 is 0 Å². The molecule has 1 aliphatic rings. The number of amides is 1. The summed E-state index contributed by atoms with van der Waals surface area (Å²) < 4.78 is 13.9. The molecule has 2 atom stereocenters. The van der Waals surface area contributed by atoms with Crippen LogP contribution in [0.1, 0.15) is 19.8 Å². The molecule has 0 fully saturated rings. The first-order valence-electron chi connectivity index (χ1n) is 7.00. The van der Waals surface area contributed by atoms with Crippen molar-refractivity contribution >= 4 is 17.6 Å². The van der Waals surface area contributed by atoms with E-state index in [2.05, 4.69) is 0 Å². The molecule has 1 aromatic rings. The molecule has 0 aliphatic heterocycles. The number of rotatable bonds is 4. The molecule has 21 heavy (non-hydrogen) atoms. The fourth-order valence-corrected chi connectivity index (χ4v) is 2.68. The standard InChI is InChI=1S/C16H18FNO3/c1-2-18(14-10-6-5-9-13(14)17)15(19)11-7-3-4-8-12(11)16(20)21/h3-6,9-12H,2,7-8H2,1H3,(H,20,21)/t11-,12+/m1/s1. The van der Waals surface area contributed by atoms with Crippen LogP contribution in [-0.4, -0.2) is 23.5 Å². The Bertz CT molecular complexity index is 570. The Balaban J connectivity index is 2.30. The highest BCUT2D eigenvalue weighted by Crippen LogP contribution is 2.30. The van der Waals surface area contributed by atoms with Crippen molar-refractivity contribution in [1.82, 2.24) is 0 Å². The fourth-order valence-electron chi connectivity index (χ4n) is 2.68. The second kappa shape index (κ2) is 6.52. The van der Waals surface area contributed by atoms with Gasteiger partial charge < -0.3 is 10.0 Å². The largest absolute Gasteiger partial charge is 0.481 e. The number of anilines is 1. The highest BCUT2D eigenvalue weighted by atomic mass is 19.1. The number of hydrogen-bond donors (Lipinski definition) is 1. The van der Waals surface area contributed by atoms with Crippen molar-refractivity contribution in [3.05, 3.63) is 42.2 Å².